The van der Waals surface area contributed by atoms with Gasteiger partial charge < -0.3 is 0 Å². The molecule has 0 saturated heterocycles. The molecule has 0 saturated carbocycles. The van der Waals surface area contributed by atoms with Crippen molar-refractivity contribution in [2.75, 3.05) is 0 Å². The number of benzene rings is 1. The van der Waals surface area contributed by atoms with Crippen LogP contribution in [0.3, 0.4) is 0 Å². The van der Waals surface area contributed by atoms with Crippen LogP contribution in [-0.2, 0) is 5.33 Å². The van der Waals surface area contributed by atoms with Gasteiger partial charge in [0.15, 0.2) is 0 Å². The molecule has 0 aromatic heterocycles. The molecule has 0 heterocycles. The molecular formula is C8H6Br2IN. The summed E-state index contributed by atoms with van der Waals surface area (Å²) < 4.78 is 0. The van der Waals surface area contributed by atoms with Gasteiger partial charge in [-0.15, -0.1) is 0 Å². The third-order valence-corrected chi connectivity index (χ3v) is 1.88. The van der Waals surface area contributed by atoms with Crippen molar-refractivity contribution in [2.45, 2.75) is 5.33 Å². The number of hydrogen-bond acceptors (Lipinski definition) is 1. The van der Waals surface area contributed by atoms with Crippen LogP contribution in [0, 0.1) is 11.3 Å². The van der Waals surface area contributed by atoms with Crippen LogP contribution in [0.5, 0.6) is 0 Å². The molecule has 0 aliphatic rings. The molecule has 0 unspecified atom stereocenters. The lowest BCUT2D eigenvalue weighted by Gasteiger charge is -1.92. The molecule has 0 amide bonds. The number of nitrogens with zero attached hydrogens (tertiary/aromatic N) is 1. The molecule has 0 bridgehead atoms. The molecule has 1 aromatic carbocycles. The molecule has 64 valence electrons. The van der Waals surface area contributed by atoms with Gasteiger partial charge in [-0.2, -0.15) is 5.26 Å². The number of alkyl halides is 1. The van der Waals surface area contributed by atoms with Crippen molar-refractivity contribution >= 4 is 49.0 Å². The summed E-state index contributed by atoms with van der Waals surface area (Å²) in [6, 6.07) is 9.57. The molecule has 1 aromatic rings. The summed E-state index contributed by atoms with van der Waals surface area (Å²) in [5.74, 6) is 0. The van der Waals surface area contributed by atoms with Gasteiger partial charge >= 0.3 is 0 Å². The second-order valence-electron chi connectivity index (χ2n) is 1.94. The highest BCUT2D eigenvalue weighted by molar-refractivity contribution is 14.2. The first-order chi connectivity index (χ1) is 5.86. The van der Waals surface area contributed by atoms with Gasteiger partial charge in [-0.3, -0.25) is 0 Å². The van der Waals surface area contributed by atoms with Crippen molar-refractivity contribution in [3.05, 3.63) is 35.4 Å². The Morgan fingerprint density at radius 3 is 2.08 bits per heavy atom. The van der Waals surface area contributed by atoms with E-state index in [-0.39, 0.29) is 0 Å². The quantitative estimate of drug-likeness (QED) is 0.510. The number of hydrogen-bond donors (Lipinski definition) is 0. The summed E-state index contributed by atoms with van der Waals surface area (Å²) in [4.78, 5) is 0. The highest BCUT2D eigenvalue weighted by atomic mass is 127. The van der Waals surface area contributed by atoms with Gasteiger partial charge in [0.1, 0.15) is 0 Å². The van der Waals surface area contributed by atoms with E-state index in [2.05, 4.69) is 34.7 Å². The van der Waals surface area contributed by atoms with Crippen LogP contribution in [0.15, 0.2) is 24.3 Å². The van der Waals surface area contributed by atoms with E-state index in [0.717, 1.165) is 5.33 Å². The Morgan fingerprint density at radius 2 is 1.75 bits per heavy atom. The number of halogens is 3. The molecule has 0 radical (unpaired) electrons. The minimum Gasteiger partial charge on any atom is -0.192 e. The lowest BCUT2D eigenvalue weighted by atomic mass is 10.2. The first-order valence-electron chi connectivity index (χ1n) is 3.06. The van der Waals surface area contributed by atoms with Gasteiger partial charge in [-0.05, 0) is 30.4 Å². The van der Waals surface area contributed by atoms with E-state index in [9.17, 15) is 0 Å². The van der Waals surface area contributed by atoms with Crippen LogP contribution in [0.25, 0.3) is 0 Å². The van der Waals surface area contributed by atoms with E-state index in [0.29, 0.717) is 5.56 Å². The lowest BCUT2D eigenvalue weighted by molar-refractivity contribution is 1.41. The van der Waals surface area contributed by atoms with Crippen molar-refractivity contribution in [3.63, 3.8) is 0 Å². The Labute approximate surface area is 100 Å². The minimum absolute atomic E-state index is 0.713. The molecular weight excluding hydrogens is 397 g/mol. The maximum atomic E-state index is 8.44. The predicted molar refractivity (Wildman–Crippen MR) is 66.7 cm³/mol. The highest BCUT2D eigenvalue weighted by Gasteiger charge is 1.89. The number of nitriles is 1. The van der Waals surface area contributed by atoms with Gasteiger partial charge in [-0.1, -0.05) is 28.1 Å². The SMILES string of the molecule is BrI.N#Cc1ccc(CBr)cc1. The first-order valence-corrected chi connectivity index (χ1v) is 9.02. The van der Waals surface area contributed by atoms with E-state index >= 15 is 0 Å². The van der Waals surface area contributed by atoms with Gasteiger partial charge in [0.2, 0.25) is 0 Å². The standard InChI is InChI=1S/C8H6BrN.BrI/c9-5-7-1-3-8(6-10)4-2-7;1-2/h1-4H,5H2;. The zero-order chi connectivity index (χ0) is 9.40. The normalized spacial score (nSPS) is 7.83. The van der Waals surface area contributed by atoms with Crippen molar-refractivity contribution in [1.82, 2.24) is 0 Å². The maximum absolute atomic E-state index is 8.44. The molecule has 4 heteroatoms. The fourth-order valence-electron chi connectivity index (χ4n) is 0.668. The third-order valence-electron chi connectivity index (χ3n) is 1.24. The zero-order valence-corrected chi connectivity index (χ0v) is 11.4. The first kappa shape index (κ1) is 12.4. The van der Waals surface area contributed by atoms with Gasteiger partial charge in [0.25, 0.3) is 0 Å². The molecule has 0 N–H and O–H groups in total. The van der Waals surface area contributed by atoms with Crippen LogP contribution in [0.2, 0.25) is 0 Å². The molecule has 1 nitrogen and oxygen atoms in total. The molecule has 0 atom stereocenters. The van der Waals surface area contributed by atoms with Crippen LogP contribution >= 0.6 is 49.0 Å². The van der Waals surface area contributed by atoms with E-state index in [1.54, 1.807) is 0 Å². The summed E-state index contributed by atoms with van der Waals surface area (Å²) in [6.07, 6.45) is 0. The molecule has 0 aliphatic heterocycles. The van der Waals surface area contributed by atoms with E-state index in [1.807, 2.05) is 44.6 Å². The Balaban J connectivity index is 0.000000561. The van der Waals surface area contributed by atoms with Gasteiger partial charge in [-0.25, -0.2) is 0 Å². The monoisotopic (exact) mass is 401 g/mol. The second-order valence-corrected chi connectivity index (χ2v) is 2.50. The fraction of sp³-hybridized carbons (Fsp3) is 0.125. The zero-order valence-electron chi connectivity index (χ0n) is 6.10. The third kappa shape index (κ3) is 4.43. The molecule has 1 rings (SSSR count). The van der Waals surface area contributed by atoms with Crippen molar-refractivity contribution in [1.29, 1.82) is 5.26 Å². The van der Waals surface area contributed by atoms with Crippen molar-refractivity contribution in [2.24, 2.45) is 0 Å². The average molecular weight is 403 g/mol. The summed E-state index contributed by atoms with van der Waals surface area (Å²) >= 11 is 8.19. The highest BCUT2D eigenvalue weighted by Crippen LogP contribution is 2.06. The fourth-order valence-corrected chi connectivity index (χ4v) is 1.04. The van der Waals surface area contributed by atoms with Gasteiger partial charge in [0, 0.05) is 25.7 Å². The molecule has 0 aliphatic carbocycles. The average Bonchev–Trinajstić information content (AvgIpc) is 2.21. The van der Waals surface area contributed by atoms with Crippen molar-refractivity contribution in [3.8, 4) is 6.07 Å². The summed E-state index contributed by atoms with van der Waals surface area (Å²) in [6.45, 7) is 0. The Hall–Kier alpha value is 0.400. The van der Waals surface area contributed by atoms with Crippen molar-refractivity contribution < 1.29 is 0 Å². The minimum atomic E-state index is 0.713. The smallest absolute Gasteiger partial charge is 0.0991 e. The predicted octanol–water partition coefficient (Wildman–Crippen LogP) is 4.18. The van der Waals surface area contributed by atoms with Crippen LogP contribution in [-0.4, -0.2) is 0 Å². The second kappa shape index (κ2) is 8.02. The lowest BCUT2D eigenvalue weighted by Crippen LogP contribution is -1.76. The van der Waals surface area contributed by atoms with Gasteiger partial charge in [0.05, 0.1) is 11.6 Å². The topological polar surface area (TPSA) is 23.8 Å². The van der Waals surface area contributed by atoms with Crippen LogP contribution < -0.4 is 0 Å². The summed E-state index contributed by atoms with van der Waals surface area (Å²) in [5, 5.41) is 9.29. The summed E-state index contributed by atoms with van der Waals surface area (Å²) in [5.41, 5.74) is 1.91. The van der Waals surface area contributed by atoms with E-state index in [4.69, 9.17) is 5.26 Å². The summed E-state index contributed by atoms with van der Waals surface area (Å²) in [7, 11) is 0. The van der Waals surface area contributed by atoms with E-state index < -0.39 is 0 Å². The van der Waals surface area contributed by atoms with Crippen LogP contribution in [0.1, 0.15) is 11.1 Å². The Kier molecular flexibility index (Phi) is 8.29. The molecule has 0 fully saturated rings. The largest absolute Gasteiger partial charge is 0.192 e. The van der Waals surface area contributed by atoms with E-state index in [1.165, 1.54) is 5.56 Å². The van der Waals surface area contributed by atoms with Crippen LogP contribution in [0.4, 0.5) is 0 Å². The number of rotatable bonds is 1. The molecule has 12 heavy (non-hydrogen) atoms. The molecule has 0 spiro atoms. The maximum Gasteiger partial charge on any atom is 0.0991 e. The Bertz CT molecular complexity index is 253. The Morgan fingerprint density at radius 1 is 1.25 bits per heavy atom.